The molecule has 0 unspecified atom stereocenters. The van der Waals surface area contributed by atoms with Crippen LogP contribution in [0, 0.1) is 0 Å². The van der Waals surface area contributed by atoms with E-state index in [0.717, 1.165) is 43.0 Å². The van der Waals surface area contributed by atoms with Crippen LogP contribution in [0.15, 0.2) is 53.0 Å². The minimum atomic E-state index is 0.625. The Hall–Kier alpha value is -1.47. The van der Waals surface area contributed by atoms with Gasteiger partial charge in [0.15, 0.2) is 5.11 Å². The molecule has 4 nitrogen and oxygen atoms in total. The molecule has 3 N–H and O–H groups in total. The van der Waals surface area contributed by atoms with E-state index in [9.17, 15) is 0 Å². The van der Waals surface area contributed by atoms with Gasteiger partial charge in [0.1, 0.15) is 19.6 Å². The summed E-state index contributed by atoms with van der Waals surface area (Å²) in [6, 6.07) is 16.7. The van der Waals surface area contributed by atoms with Crippen LogP contribution in [0.1, 0.15) is 11.1 Å². The van der Waals surface area contributed by atoms with Gasteiger partial charge in [-0.3, -0.25) is 0 Å². The van der Waals surface area contributed by atoms with Crippen molar-refractivity contribution in [2.75, 3.05) is 31.6 Å². The normalized spacial score (nSPS) is 14.9. The van der Waals surface area contributed by atoms with Gasteiger partial charge in [-0.2, -0.15) is 0 Å². The van der Waals surface area contributed by atoms with Crippen molar-refractivity contribution in [3.05, 3.63) is 64.1 Å². The van der Waals surface area contributed by atoms with Crippen LogP contribution in [0.2, 0.25) is 0 Å². The summed E-state index contributed by atoms with van der Waals surface area (Å²) in [6.07, 6.45) is 0. The molecule has 1 saturated heterocycles. The van der Waals surface area contributed by atoms with Gasteiger partial charge in [-0.15, -0.1) is 0 Å². The van der Waals surface area contributed by atoms with Gasteiger partial charge >= 0.3 is 0 Å². The smallest absolute Gasteiger partial charge is 0.171 e. The zero-order chi connectivity index (χ0) is 17.5. The van der Waals surface area contributed by atoms with Crippen molar-refractivity contribution in [3.8, 4) is 0 Å². The maximum atomic E-state index is 5.41. The van der Waals surface area contributed by atoms with Gasteiger partial charge in [0.25, 0.3) is 0 Å². The molecule has 1 fully saturated rings. The highest BCUT2D eigenvalue weighted by molar-refractivity contribution is 9.10. The topological polar surface area (TPSA) is 37.7 Å². The van der Waals surface area contributed by atoms with Gasteiger partial charge in [-0.05, 0) is 36.0 Å². The van der Waals surface area contributed by atoms with E-state index in [1.165, 1.54) is 11.1 Å². The zero-order valence-electron chi connectivity index (χ0n) is 14.1. The number of rotatable bonds is 5. The van der Waals surface area contributed by atoms with Crippen LogP contribution in [0.3, 0.4) is 0 Å². The van der Waals surface area contributed by atoms with Crippen LogP contribution in [0.5, 0.6) is 0 Å². The van der Waals surface area contributed by atoms with Crippen LogP contribution in [-0.2, 0) is 17.8 Å². The van der Waals surface area contributed by atoms with Crippen LogP contribution in [0.25, 0.3) is 0 Å². The third-order valence-corrected chi connectivity index (χ3v) is 4.95. The summed E-state index contributed by atoms with van der Waals surface area (Å²) in [6.45, 7) is 5.72. The molecule has 132 valence electrons. The number of nitrogens with one attached hydrogen (secondary N) is 3. The molecule has 0 atom stereocenters. The molecule has 1 aliphatic rings. The van der Waals surface area contributed by atoms with Gasteiger partial charge < -0.3 is 20.3 Å². The molecule has 0 spiro atoms. The minimum Gasteiger partial charge on any atom is -0.370 e. The first-order chi connectivity index (χ1) is 12.2. The lowest BCUT2D eigenvalue weighted by atomic mass is 10.1. The van der Waals surface area contributed by atoms with Gasteiger partial charge in [0.2, 0.25) is 0 Å². The first-order valence-electron chi connectivity index (χ1n) is 8.48. The molecule has 0 aromatic heterocycles. The largest absolute Gasteiger partial charge is 0.370 e. The van der Waals surface area contributed by atoms with Crippen LogP contribution < -0.4 is 15.5 Å². The highest BCUT2D eigenvalue weighted by Gasteiger charge is 2.13. The monoisotopic (exact) mass is 420 g/mol. The van der Waals surface area contributed by atoms with Crippen molar-refractivity contribution in [2.45, 2.75) is 13.1 Å². The maximum Gasteiger partial charge on any atom is 0.171 e. The Morgan fingerprint density at radius 2 is 1.80 bits per heavy atom. The predicted octanol–water partition coefficient (Wildman–Crippen LogP) is 2.35. The molecule has 6 heteroatoms. The van der Waals surface area contributed by atoms with Crippen LogP contribution in [0.4, 0.5) is 5.69 Å². The second kappa shape index (κ2) is 9.29. The average molecular weight is 421 g/mol. The maximum absolute atomic E-state index is 5.41. The number of ether oxygens (including phenoxy) is 1. The lowest BCUT2D eigenvalue weighted by Gasteiger charge is -2.23. The summed E-state index contributed by atoms with van der Waals surface area (Å²) in [5.74, 6) is 0. The van der Waals surface area contributed by atoms with Crippen molar-refractivity contribution in [3.63, 3.8) is 0 Å². The first kappa shape index (κ1) is 18.3. The molecule has 2 aromatic rings. The predicted molar refractivity (Wildman–Crippen MR) is 109 cm³/mol. The number of hydrogen-bond acceptors (Lipinski definition) is 2. The van der Waals surface area contributed by atoms with E-state index in [2.05, 4.69) is 50.8 Å². The van der Waals surface area contributed by atoms with E-state index in [4.69, 9.17) is 17.0 Å². The Kier molecular flexibility index (Phi) is 6.81. The average Bonchev–Trinajstić information content (AvgIpc) is 2.62. The quantitative estimate of drug-likeness (QED) is 0.649. The fraction of sp³-hybridized carbons (Fsp3) is 0.316. The molecule has 25 heavy (non-hydrogen) atoms. The van der Waals surface area contributed by atoms with Gasteiger partial charge in [0.05, 0.1) is 13.2 Å². The number of halogens is 1. The van der Waals surface area contributed by atoms with Gasteiger partial charge in [0, 0.05) is 22.3 Å². The summed E-state index contributed by atoms with van der Waals surface area (Å²) in [4.78, 5) is 1.59. The molecule has 1 heterocycles. The van der Waals surface area contributed by atoms with Gasteiger partial charge in [-0.25, -0.2) is 0 Å². The third-order valence-electron chi connectivity index (χ3n) is 4.21. The summed E-state index contributed by atoms with van der Waals surface area (Å²) in [5, 5.41) is 7.07. The number of thiocarbonyl (C=S) groups is 1. The number of anilines is 1. The summed E-state index contributed by atoms with van der Waals surface area (Å²) in [7, 11) is 0. The van der Waals surface area contributed by atoms with Crippen LogP contribution >= 0.6 is 28.1 Å². The molecule has 0 radical (unpaired) electrons. The second-order valence-electron chi connectivity index (χ2n) is 6.17. The molecule has 2 aromatic carbocycles. The van der Waals surface area contributed by atoms with E-state index < -0.39 is 0 Å². The molecule has 3 rings (SSSR count). The lowest BCUT2D eigenvalue weighted by molar-refractivity contribution is -0.921. The number of benzene rings is 2. The molecule has 0 aliphatic carbocycles. The van der Waals surface area contributed by atoms with Crippen molar-refractivity contribution in [1.29, 1.82) is 0 Å². The third kappa shape index (κ3) is 6.08. The number of morpholine rings is 1. The zero-order valence-corrected chi connectivity index (χ0v) is 16.5. The van der Waals surface area contributed by atoms with Crippen molar-refractivity contribution < 1.29 is 9.64 Å². The highest BCUT2D eigenvalue weighted by atomic mass is 79.9. The molecule has 0 bridgehead atoms. The standard InChI is InChI=1S/C19H22BrN3OS/c20-17-2-1-3-18(12-17)22-19(25)21-13-15-4-6-16(7-5-15)14-23-8-10-24-11-9-23/h1-7,12H,8-11,13-14H2,(H2,21,22,25)/p+1. The summed E-state index contributed by atoms with van der Waals surface area (Å²) >= 11 is 8.82. The fourth-order valence-electron chi connectivity index (χ4n) is 2.82. The van der Waals surface area contributed by atoms with Gasteiger partial charge in [-0.1, -0.05) is 46.3 Å². The molecule has 0 saturated carbocycles. The Bertz CT molecular complexity index is 702. The fourth-order valence-corrected chi connectivity index (χ4v) is 3.41. The molecular formula is C19H23BrN3OS+. The number of hydrogen-bond donors (Lipinski definition) is 3. The summed E-state index contributed by atoms with van der Waals surface area (Å²) < 4.78 is 6.44. The van der Waals surface area contributed by atoms with Crippen molar-refractivity contribution in [2.24, 2.45) is 0 Å². The Balaban J connectivity index is 1.45. The van der Waals surface area contributed by atoms with E-state index in [1.807, 2.05) is 24.3 Å². The Labute approximate surface area is 162 Å². The van der Waals surface area contributed by atoms with E-state index in [1.54, 1.807) is 4.90 Å². The minimum absolute atomic E-state index is 0.625. The molecular weight excluding hydrogens is 398 g/mol. The summed E-state index contributed by atoms with van der Waals surface area (Å²) in [5.41, 5.74) is 3.56. The van der Waals surface area contributed by atoms with E-state index in [-0.39, 0.29) is 0 Å². The second-order valence-corrected chi connectivity index (χ2v) is 7.50. The van der Waals surface area contributed by atoms with E-state index in [0.29, 0.717) is 11.7 Å². The first-order valence-corrected chi connectivity index (χ1v) is 9.69. The SMILES string of the molecule is S=C(NCc1ccc(C[NH+]2CCOCC2)cc1)Nc1cccc(Br)c1. The molecule has 1 aliphatic heterocycles. The van der Waals surface area contributed by atoms with Crippen LogP contribution in [-0.4, -0.2) is 31.4 Å². The Morgan fingerprint density at radius 3 is 2.52 bits per heavy atom. The molecule has 0 amide bonds. The van der Waals surface area contributed by atoms with Crippen molar-refractivity contribution >= 4 is 38.9 Å². The number of quaternary nitrogens is 1. The lowest BCUT2D eigenvalue weighted by Crippen LogP contribution is -3.12. The highest BCUT2D eigenvalue weighted by Crippen LogP contribution is 2.15. The van der Waals surface area contributed by atoms with E-state index >= 15 is 0 Å². The Morgan fingerprint density at radius 1 is 1.08 bits per heavy atom. The van der Waals surface area contributed by atoms with Crippen molar-refractivity contribution in [1.82, 2.24) is 5.32 Å².